The third kappa shape index (κ3) is 3.55. The molecule has 8 aromatic carbocycles. The molecule has 0 saturated heterocycles. The monoisotopic (exact) mass is 662 g/mol. The molecule has 4 heterocycles. The van der Waals surface area contributed by atoms with Crippen LogP contribution in [0.5, 0.6) is 0 Å². The van der Waals surface area contributed by atoms with Crippen LogP contribution < -0.4 is 4.90 Å². The predicted octanol–water partition coefficient (Wildman–Crippen LogP) is 12.8. The summed E-state index contributed by atoms with van der Waals surface area (Å²) in [5, 5.41) is 7.59. The highest BCUT2D eigenvalue weighted by molar-refractivity contribution is 6.28. The van der Waals surface area contributed by atoms with E-state index in [0.29, 0.717) is 0 Å². The molecule has 0 fully saturated rings. The van der Waals surface area contributed by atoms with Gasteiger partial charge in [0.25, 0.3) is 0 Å². The number of hydrogen-bond acceptors (Lipinski definition) is 1. The summed E-state index contributed by atoms with van der Waals surface area (Å²) in [5.41, 5.74) is 14.3. The second kappa shape index (κ2) is 10.3. The van der Waals surface area contributed by atoms with Gasteiger partial charge in [0.05, 0.1) is 50.2 Å². The van der Waals surface area contributed by atoms with Gasteiger partial charge in [-0.05, 0) is 78.9 Å². The minimum atomic E-state index is 1.13. The highest BCUT2D eigenvalue weighted by Crippen LogP contribution is 2.51. The van der Waals surface area contributed by atoms with Gasteiger partial charge in [0.15, 0.2) is 0 Å². The van der Waals surface area contributed by atoms with Crippen LogP contribution in [0.15, 0.2) is 182 Å². The second-order valence-corrected chi connectivity index (χ2v) is 13.8. The predicted molar refractivity (Wildman–Crippen MR) is 218 cm³/mol. The number of para-hydroxylation sites is 7. The second-order valence-electron chi connectivity index (χ2n) is 13.8. The average molecular weight is 663 g/mol. The van der Waals surface area contributed by atoms with Crippen molar-refractivity contribution in [1.82, 2.24) is 13.7 Å². The van der Waals surface area contributed by atoms with Crippen LogP contribution in [0, 0.1) is 0 Å². The molecule has 52 heavy (non-hydrogen) atoms. The largest absolute Gasteiger partial charge is 0.309 e. The van der Waals surface area contributed by atoms with Gasteiger partial charge >= 0.3 is 0 Å². The van der Waals surface area contributed by atoms with Gasteiger partial charge in [-0.2, -0.15) is 0 Å². The zero-order valence-corrected chi connectivity index (χ0v) is 28.1. The number of nitrogens with zero attached hydrogens (tertiary/aromatic N) is 4. The standard InChI is InChI=1S/C48H30N4/c1-2-13-31(14-3-1)50-41-21-9-6-17-38(41)46-44(50)30-29-37-36-18-12-24-45-47(36)52(48(37)46)43-23-11-10-22-42(43)51(45)33-27-25-32(26-28-33)49-39-19-7-4-15-34(39)35-16-5-8-20-40(35)49/h1-30H. The summed E-state index contributed by atoms with van der Waals surface area (Å²) >= 11 is 0. The van der Waals surface area contributed by atoms with Gasteiger partial charge in [0.1, 0.15) is 0 Å². The maximum Gasteiger partial charge on any atom is 0.0783 e. The molecule has 0 atom stereocenters. The van der Waals surface area contributed by atoms with Crippen molar-refractivity contribution in [3.05, 3.63) is 182 Å². The molecule has 0 spiro atoms. The van der Waals surface area contributed by atoms with Crippen LogP contribution in [-0.4, -0.2) is 13.7 Å². The van der Waals surface area contributed by atoms with Crippen molar-refractivity contribution >= 4 is 82.5 Å². The van der Waals surface area contributed by atoms with Crippen molar-refractivity contribution in [2.45, 2.75) is 0 Å². The van der Waals surface area contributed by atoms with Crippen LogP contribution in [0.3, 0.4) is 0 Å². The van der Waals surface area contributed by atoms with Gasteiger partial charge in [-0.15, -0.1) is 0 Å². The Hall–Kier alpha value is -7.04. The summed E-state index contributed by atoms with van der Waals surface area (Å²) in [7, 11) is 0. The van der Waals surface area contributed by atoms with Gasteiger partial charge in [-0.25, -0.2) is 0 Å². The maximum atomic E-state index is 2.53. The molecule has 0 unspecified atom stereocenters. The molecule has 4 heteroatoms. The van der Waals surface area contributed by atoms with Crippen LogP contribution in [-0.2, 0) is 0 Å². The molecule has 1 aliphatic heterocycles. The average Bonchev–Trinajstić information content (AvgIpc) is 3.85. The summed E-state index contributed by atoms with van der Waals surface area (Å²) in [6.07, 6.45) is 0. The molecular formula is C48H30N4. The van der Waals surface area contributed by atoms with Crippen LogP contribution in [0.2, 0.25) is 0 Å². The van der Waals surface area contributed by atoms with Crippen molar-refractivity contribution < 1.29 is 0 Å². The highest BCUT2D eigenvalue weighted by Gasteiger charge is 2.30. The lowest BCUT2D eigenvalue weighted by atomic mass is 10.1. The lowest BCUT2D eigenvalue weighted by Crippen LogP contribution is -2.18. The Kier molecular flexibility index (Phi) is 5.47. The fourth-order valence-electron chi connectivity index (χ4n) is 9.07. The minimum absolute atomic E-state index is 1.13. The molecule has 0 N–H and O–H groups in total. The van der Waals surface area contributed by atoms with Crippen molar-refractivity contribution in [2.24, 2.45) is 0 Å². The first-order chi connectivity index (χ1) is 25.8. The Morgan fingerprint density at radius 1 is 0.250 bits per heavy atom. The van der Waals surface area contributed by atoms with Gasteiger partial charge < -0.3 is 18.6 Å². The summed E-state index contributed by atoms with van der Waals surface area (Å²) in [5.74, 6) is 0. The summed E-state index contributed by atoms with van der Waals surface area (Å²) in [6, 6.07) is 66.3. The Balaban J connectivity index is 1.12. The Morgan fingerprint density at radius 3 is 1.48 bits per heavy atom. The van der Waals surface area contributed by atoms with Crippen molar-refractivity contribution in [3.63, 3.8) is 0 Å². The lowest BCUT2D eigenvalue weighted by molar-refractivity contribution is 1.11. The first-order valence-corrected chi connectivity index (χ1v) is 17.9. The van der Waals surface area contributed by atoms with E-state index in [-0.39, 0.29) is 0 Å². The van der Waals surface area contributed by atoms with Crippen LogP contribution in [0.1, 0.15) is 0 Å². The number of fused-ring (bicyclic) bond motifs is 12. The molecule has 4 nitrogen and oxygen atoms in total. The molecule has 0 radical (unpaired) electrons. The van der Waals surface area contributed by atoms with E-state index in [4.69, 9.17) is 0 Å². The Bertz CT molecular complexity index is 3180. The maximum absolute atomic E-state index is 2.53. The summed E-state index contributed by atoms with van der Waals surface area (Å²) in [4.78, 5) is 2.44. The van der Waals surface area contributed by atoms with Gasteiger partial charge in [0, 0.05) is 49.4 Å². The molecule has 11 aromatic rings. The molecule has 0 amide bonds. The normalized spacial score (nSPS) is 12.6. The molecule has 12 rings (SSSR count). The Morgan fingerprint density at radius 2 is 0.750 bits per heavy atom. The van der Waals surface area contributed by atoms with Crippen molar-refractivity contribution in [3.8, 4) is 17.1 Å². The number of benzene rings is 8. The molecule has 0 aliphatic carbocycles. The third-order valence-corrected chi connectivity index (χ3v) is 11.1. The molecule has 242 valence electrons. The van der Waals surface area contributed by atoms with E-state index in [1.807, 2.05) is 0 Å². The lowest BCUT2D eigenvalue weighted by Gasteiger charge is -2.33. The molecular weight excluding hydrogens is 633 g/mol. The zero-order chi connectivity index (χ0) is 33.9. The van der Waals surface area contributed by atoms with Crippen LogP contribution in [0.25, 0.3) is 82.5 Å². The van der Waals surface area contributed by atoms with E-state index in [1.54, 1.807) is 0 Å². The van der Waals surface area contributed by atoms with Crippen molar-refractivity contribution in [1.29, 1.82) is 0 Å². The molecule has 0 bridgehead atoms. The van der Waals surface area contributed by atoms with Crippen molar-refractivity contribution in [2.75, 3.05) is 4.90 Å². The minimum Gasteiger partial charge on any atom is -0.309 e. The van der Waals surface area contributed by atoms with E-state index in [2.05, 4.69) is 201 Å². The first kappa shape index (κ1) is 27.7. The molecule has 1 aliphatic rings. The number of rotatable bonds is 3. The molecule has 0 saturated carbocycles. The van der Waals surface area contributed by atoms with Crippen LogP contribution >= 0.6 is 0 Å². The summed E-state index contributed by atoms with van der Waals surface area (Å²) < 4.78 is 7.33. The number of anilines is 3. The zero-order valence-electron chi connectivity index (χ0n) is 28.1. The molecule has 3 aromatic heterocycles. The quantitative estimate of drug-likeness (QED) is 0.184. The topological polar surface area (TPSA) is 18.0 Å². The van der Waals surface area contributed by atoms with Crippen LogP contribution in [0.4, 0.5) is 17.1 Å². The van der Waals surface area contributed by atoms with Gasteiger partial charge in [0.2, 0.25) is 0 Å². The van der Waals surface area contributed by atoms with E-state index in [9.17, 15) is 0 Å². The fourth-order valence-corrected chi connectivity index (χ4v) is 9.07. The van der Waals surface area contributed by atoms with E-state index in [0.717, 1.165) is 17.1 Å². The first-order valence-electron chi connectivity index (χ1n) is 17.9. The number of aromatic nitrogens is 3. The number of hydrogen-bond donors (Lipinski definition) is 0. The van der Waals surface area contributed by atoms with Gasteiger partial charge in [-0.1, -0.05) is 103 Å². The van der Waals surface area contributed by atoms with Gasteiger partial charge in [-0.3, -0.25) is 0 Å². The third-order valence-electron chi connectivity index (χ3n) is 11.1. The summed E-state index contributed by atoms with van der Waals surface area (Å²) in [6.45, 7) is 0. The van der Waals surface area contributed by atoms with E-state index >= 15 is 0 Å². The Labute approximate surface area is 299 Å². The van der Waals surface area contributed by atoms with E-state index in [1.165, 1.54) is 82.5 Å². The SMILES string of the molecule is c1ccc(-n2c3ccccc3c3c2ccc2c4cccc5c4n(c23)-c2ccccc2N5c2ccc(-n3c4ccccc4c4ccccc43)cc2)cc1. The smallest absolute Gasteiger partial charge is 0.0783 e. The highest BCUT2D eigenvalue weighted by atomic mass is 15.2. The fraction of sp³-hybridized carbons (Fsp3) is 0. The van der Waals surface area contributed by atoms with E-state index < -0.39 is 0 Å².